The van der Waals surface area contributed by atoms with Gasteiger partial charge in [-0.3, -0.25) is 0 Å². The van der Waals surface area contributed by atoms with Gasteiger partial charge in [0, 0.05) is 16.6 Å². The molecule has 0 aromatic rings. The molecule has 4 rings (SSSR count). The molecule has 0 unspecified atom stereocenters. The molecule has 0 spiro atoms. The molecule has 0 aliphatic heterocycles. The van der Waals surface area contributed by atoms with Crippen LogP contribution >= 0.6 is 0 Å². The SMILES string of the molecule is C1CCC([SiH2][Si](C2CCCCC2)(C2CCCCC2)C2CCCCC2)CC1. The van der Waals surface area contributed by atoms with E-state index in [0.717, 1.165) is 0 Å². The van der Waals surface area contributed by atoms with Crippen LogP contribution in [0.25, 0.3) is 0 Å². The Morgan fingerprint density at radius 3 is 1.04 bits per heavy atom. The third-order valence-corrected chi connectivity index (χ3v) is 26.9. The number of hydrogen-bond donors (Lipinski definition) is 0. The lowest BCUT2D eigenvalue weighted by molar-refractivity contribution is 0.422. The first-order valence-electron chi connectivity index (χ1n) is 12.9. The van der Waals surface area contributed by atoms with Crippen molar-refractivity contribution in [2.45, 2.75) is 151 Å². The Bertz CT molecular complexity index is 351. The summed E-state index contributed by atoms with van der Waals surface area (Å²) in [4.78, 5) is 0. The zero-order valence-electron chi connectivity index (χ0n) is 17.7. The van der Waals surface area contributed by atoms with E-state index in [1.165, 1.54) is 22.2 Å². The van der Waals surface area contributed by atoms with Crippen molar-refractivity contribution in [3.05, 3.63) is 0 Å². The van der Waals surface area contributed by atoms with Gasteiger partial charge >= 0.3 is 0 Å². The predicted molar refractivity (Wildman–Crippen MR) is 122 cm³/mol. The molecule has 4 aliphatic carbocycles. The van der Waals surface area contributed by atoms with Gasteiger partial charge in [0.1, 0.15) is 0 Å². The predicted octanol–water partition coefficient (Wildman–Crippen LogP) is 7.86. The van der Waals surface area contributed by atoms with E-state index in [1.807, 2.05) is 0 Å². The lowest BCUT2D eigenvalue weighted by Crippen LogP contribution is -2.57. The van der Waals surface area contributed by atoms with Crippen LogP contribution in [0, 0.1) is 0 Å². The molecule has 0 nitrogen and oxygen atoms in total. The summed E-state index contributed by atoms with van der Waals surface area (Å²) in [6, 6.07) is 0. The molecule has 0 N–H and O–H groups in total. The normalized spacial score (nSPS) is 29.5. The Labute approximate surface area is 167 Å². The summed E-state index contributed by atoms with van der Waals surface area (Å²) >= 11 is 0. The van der Waals surface area contributed by atoms with Crippen molar-refractivity contribution in [2.75, 3.05) is 0 Å². The molecule has 2 heteroatoms. The Morgan fingerprint density at radius 1 is 0.385 bits per heavy atom. The molecule has 0 amide bonds. The van der Waals surface area contributed by atoms with E-state index in [1.54, 1.807) is 128 Å². The monoisotopic (exact) mass is 390 g/mol. The fraction of sp³-hybridized carbons (Fsp3) is 1.00. The topological polar surface area (TPSA) is 0 Å². The van der Waals surface area contributed by atoms with Crippen molar-refractivity contribution in [1.82, 2.24) is 0 Å². The summed E-state index contributed by atoms with van der Waals surface area (Å²) in [6.07, 6.45) is 32.6. The molecular formula is C24H46Si2. The third kappa shape index (κ3) is 4.37. The van der Waals surface area contributed by atoms with Crippen molar-refractivity contribution in [2.24, 2.45) is 0 Å². The Morgan fingerprint density at radius 2 is 0.692 bits per heavy atom. The fourth-order valence-electron chi connectivity index (χ4n) is 8.31. The maximum absolute atomic E-state index is 1.69. The third-order valence-electron chi connectivity index (χ3n) is 9.46. The minimum Gasteiger partial charge on any atom is -0.0536 e. The fourth-order valence-corrected chi connectivity index (χ4v) is 28.6. The van der Waals surface area contributed by atoms with Crippen LogP contribution in [0.2, 0.25) is 22.2 Å². The average molecular weight is 391 g/mol. The summed E-state index contributed by atoms with van der Waals surface area (Å²) in [5.74, 6) is 0. The van der Waals surface area contributed by atoms with Crippen molar-refractivity contribution in [1.29, 1.82) is 0 Å². The largest absolute Gasteiger partial charge is 0.0536 e. The van der Waals surface area contributed by atoms with Crippen LogP contribution < -0.4 is 0 Å². The van der Waals surface area contributed by atoms with E-state index >= 15 is 0 Å². The number of hydrogen-bond acceptors (Lipinski definition) is 0. The highest BCUT2D eigenvalue weighted by atomic mass is 29.2. The minimum absolute atomic E-state index is 0.177. The van der Waals surface area contributed by atoms with Crippen LogP contribution in [-0.2, 0) is 0 Å². The average Bonchev–Trinajstić information content (AvgIpc) is 2.75. The summed E-state index contributed by atoms with van der Waals surface area (Å²) < 4.78 is 0. The van der Waals surface area contributed by atoms with E-state index in [9.17, 15) is 0 Å². The molecule has 0 radical (unpaired) electrons. The van der Waals surface area contributed by atoms with Crippen LogP contribution in [0.4, 0.5) is 0 Å². The summed E-state index contributed by atoms with van der Waals surface area (Å²) in [7, 11) is -0.865. The first kappa shape index (κ1) is 19.7. The van der Waals surface area contributed by atoms with E-state index in [2.05, 4.69) is 0 Å². The molecule has 0 saturated heterocycles. The molecule has 4 aliphatic rings. The number of rotatable bonds is 5. The summed E-state index contributed by atoms with van der Waals surface area (Å²) in [5.41, 5.74) is 5.20. The van der Waals surface area contributed by atoms with Gasteiger partial charge in [0.05, 0.1) is 0 Å². The highest BCUT2D eigenvalue weighted by Gasteiger charge is 2.53. The van der Waals surface area contributed by atoms with Gasteiger partial charge in [-0.2, -0.15) is 0 Å². The standard InChI is InChI=1S/C24H46Si2/c1-5-13-21(14-6-1)25-26(22-15-7-2-8-16-22,23-17-9-3-10-18-23)24-19-11-4-12-20-24/h21-24H,1-20,25H2. The van der Waals surface area contributed by atoms with Crippen molar-refractivity contribution < 1.29 is 0 Å². The zero-order valence-corrected chi connectivity index (χ0v) is 20.1. The van der Waals surface area contributed by atoms with Gasteiger partial charge in [0.15, 0.2) is 0 Å². The second-order valence-electron chi connectivity index (χ2n) is 10.8. The Balaban J connectivity index is 1.64. The van der Waals surface area contributed by atoms with Gasteiger partial charge in [0.2, 0.25) is 0 Å². The van der Waals surface area contributed by atoms with Crippen LogP contribution in [-0.4, -0.2) is 16.6 Å². The first-order chi connectivity index (χ1) is 12.9. The first-order valence-corrected chi connectivity index (χ1v) is 18.3. The van der Waals surface area contributed by atoms with Crippen LogP contribution in [0.15, 0.2) is 0 Å². The van der Waals surface area contributed by atoms with E-state index in [0.29, 0.717) is 0 Å². The molecule has 150 valence electrons. The van der Waals surface area contributed by atoms with E-state index in [4.69, 9.17) is 0 Å². The highest BCUT2D eigenvalue weighted by Crippen LogP contribution is 2.57. The molecule has 4 fully saturated rings. The van der Waals surface area contributed by atoms with Crippen LogP contribution in [0.3, 0.4) is 0 Å². The Hall–Kier alpha value is 0.434. The van der Waals surface area contributed by atoms with Crippen molar-refractivity contribution in [3.63, 3.8) is 0 Å². The van der Waals surface area contributed by atoms with Gasteiger partial charge in [-0.1, -0.05) is 134 Å². The molecule has 4 saturated carbocycles. The van der Waals surface area contributed by atoms with Crippen molar-refractivity contribution in [3.8, 4) is 0 Å². The summed E-state index contributed by atoms with van der Waals surface area (Å²) in [6.45, 7) is 0. The second-order valence-corrected chi connectivity index (χ2v) is 22.0. The smallest absolute Gasteiger partial charge is 0.0496 e. The van der Waals surface area contributed by atoms with Gasteiger partial charge in [0.25, 0.3) is 0 Å². The molecular weight excluding hydrogens is 344 g/mol. The van der Waals surface area contributed by atoms with Crippen LogP contribution in [0.1, 0.15) is 128 Å². The van der Waals surface area contributed by atoms with Gasteiger partial charge < -0.3 is 0 Å². The quantitative estimate of drug-likeness (QED) is 0.419. The Kier molecular flexibility index (Phi) is 7.41. The van der Waals surface area contributed by atoms with E-state index in [-0.39, 0.29) is 9.04 Å². The van der Waals surface area contributed by atoms with Gasteiger partial charge in [-0.05, 0) is 16.6 Å². The second kappa shape index (κ2) is 9.76. The lowest BCUT2D eigenvalue weighted by Gasteiger charge is -2.55. The lowest BCUT2D eigenvalue weighted by atomic mass is 9.98. The zero-order chi connectivity index (χ0) is 17.7. The molecule has 0 heterocycles. The highest BCUT2D eigenvalue weighted by molar-refractivity contribution is 7.27. The van der Waals surface area contributed by atoms with Gasteiger partial charge in [-0.25, -0.2) is 0 Å². The summed E-state index contributed by atoms with van der Waals surface area (Å²) in [5, 5.41) is 0. The van der Waals surface area contributed by atoms with Crippen LogP contribution in [0.5, 0.6) is 0 Å². The molecule has 26 heavy (non-hydrogen) atoms. The molecule has 0 aromatic carbocycles. The molecule has 0 aromatic heterocycles. The molecule has 0 atom stereocenters. The minimum atomic E-state index is -1.04. The van der Waals surface area contributed by atoms with Gasteiger partial charge in [-0.15, -0.1) is 0 Å². The maximum atomic E-state index is 1.69. The maximum Gasteiger partial charge on any atom is 0.0496 e. The van der Waals surface area contributed by atoms with E-state index < -0.39 is 7.59 Å². The molecule has 0 bridgehead atoms. The van der Waals surface area contributed by atoms with Crippen molar-refractivity contribution >= 4 is 16.6 Å².